The highest BCUT2D eigenvalue weighted by Gasteiger charge is 2.19. The van der Waals surface area contributed by atoms with Crippen molar-refractivity contribution in [1.29, 1.82) is 0 Å². The van der Waals surface area contributed by atoms with Gasteiger partial charge in [0.05, 0.1) is 13.2 Å². The number of benzene rings is 2. The molecule has 0 aliphatic heterocycles. The average Bonchev–Trinajstić information content (AvgIpc) is 3.34. The van der Waals surface area contributed by atoms with Crippen LogP contribution in [0.15, 0.2) is 53.1 Å². The van der Waals surface area contributed by atoms with E-state index in [4.69, 9.17) is 14.0 Å². The second-order valence-electron chi connectivity index (χ2n) is 7.88. The Bertz CT molecular complexity index is 1090. The number of ether oxygens (including phenoxy) is 2. The molecule has 1 atom stereocenters. The Labute approximate surface area is 199 Å². The highest BCUT2D eigenvalue weighted by atomic mass is 16.5. The van der Waals surface area contributed by atoms with Crippen molar-refractivity contribution in [1.82, 2.24) is 20.4 Å². The van der Waals surface area contributed by atoms with E-state index in [0.717, 1.165) is 16.9 Å². The predicted octanol–water partition coefficient (Wildman–Crippen LogP) is 3.41. The summed E-state index contributed by atoms with van der Waals surface area (Å²) in [5.74, 6) is 1.88. The molecule has 0 fully saturated rings. The van der Waals surface area contributed by atoms with Gasteiger partial charge in [-0.15, -0.1) is 0 Å². The van der Waals surface area contributed by atoms with Gasteiger partial charge in [0.2, 0.25) is 17.6 Å². The number of carbonyl (C=O) groups is 2. The first-order chi connectivity index (χ1) is 16.4. The fraction of sp³-hybridized carbons (Fsp3) is 0.360. The van der Waals surface area contributed by atoms with E-state index in [1.165, 1.54) is 4.90 Å². The normalized spacial score (nSPS) is 11.5. The summed E-state index contributed by atoms with van der Waals surface area (Å²) < 4.78 is 16.2. The Morgan fingerprint density at radius 3 is 2.53 bits per heavy atom. The fourth-order valence-electron chi connectivity index (χ4n) is 3.27. The summed E-state index contributed by atoms with van der Waals surface area (Å²) in [5.41, 5.74) is 1.63. The molecule has 1 N–H and O–H groups in total. The Morgan fingerprint density at radius 1 is 1.12 bits per heavy atom. The summed E-state index contributed by atoms with van der Waals surface area (Å²) >= 11 is 0. The fourth-order valence-corrected chi connectivity index (χ4v) is 3.27. The van der Waals surface area contributed by atoms with Crippen LogP contribution in [0.25, 0.3) is 11.4 Å². The largest absolute Gasteiger partial charge is 0.497 e. The summed E-state index contributed by atoms with van der Waals surface area (Å²) in [5, 5.41) is 7.03. The molecular weight excluding hydrogens is 436 g/mol. The van der Waals surface area contributed by atoms with E-state index < -0.39 is 0 Å². The van der Waals surface area contributed by atoms with Crippen molar-refractivity contribution in [2.45, 2.75) is 32.2 Å². The van der Waals surface area contributed by atoms with Crippen molar-refractivity contribution < 1.29 is 23.6 Å². The predicted molar refractivity (Wildman–Crippen MR) is 126 cm³/mol. The number of hydrogen-bond donors (Lipinski definition) is 1. The lowest BCUT2D eigenvalue weighted by Crippen LogP contribution is -2.30. The standard InChI is InChI=1S/C25H30N4O5/c1-5-20(19-8-6-7-9-21(19)33-16-24(31)29(2)3)26-22(30)14-15-23-27-25(28-34-23)17-10-12-18(32-4)13-11-17/h6-13,20H,5,14-16H2,1-4H3,(H,26,30). The van der Waals surface area contributed by atoms with E-state index >= 15 is 0 Å². The molecule has 1 heterocycles. The van der Waals surface area contributed by atoms with Crippen LogP contribution >= 0.6 is 0 Å². The van der Waals surface area contributed by atoms with Crippen LogP contribution in [-0.4, -0.2) is 54.7 Å². The van der Waals surface area contributed by atoms with Crippen LogP contribution in [0.5, 0.6) is 11.5 Å². The molecule has 1 unspecified atom stereocenters. The van der Waals surface area contributed by atoms with Gasteiger partial charge >= 0.3 is 0 Å². The van der Waals surface area contributed by atoms with Gasteiger partial charge in [0.15, 0.2) is 6.61 Å². The van der Waals surface area contributed by atoms with E-state index in [1.807, 2.05) is 49.4 Å². The summed E-state index contributed by atoms with van der Waals surface area (Å²) in [6.07, 6.45) is 1.18. The van der Waals surface area contributed by atoms with E-state index in [1.54, 1.807) is 27.3 Å². The highest BCUT2D eigenvalue weighted by molar-refractivity contribution is 5.77. The van der Waals surface area contributed by atoms with Crippen molar-refractivity contribution in [2.24, 2.45) is 0 Å². The zero-order chi connectivity index (χ0) is 24.5. The first-order valence-electron chi connectivity index (χ1n) is 11.1. The average molecular weight is 467 g/mol. The van der Waals surface area contributed by atoms with Gasteiger partial charge in [-0.25, -0.2) is 0 Å². The maximum absolute atomic E-state index is 12.7. The van der Waals surface area contributed by atoms with Gasteiger partial charge in [-0.1, -0.05) is 30.3 Å². The van der Waals surface area contributed by atoms with Crippen LogP contribution in [0.3, 0.4) is 0 Å². The van der Waals surface area contributed by atoms with Crippen LogP contribution < -0.4 is 14.8 Å². The smallest absolute Gasteiger partial charge is 0.259 e. The third-order valence-electron chi connectivity index (χ3n) is 5.27. The van der Waals surface area contributed by atoms with E-state index in [-0.39, 0.29) is 30.9 Å². The Morgan fingerprint density at radius 2 is 1.85 bits per heavy atom. The molecule has 0 saturated carbocycles. The molecule has 0 aliphatic carbocycles. The minimum absolute atomic E-state index is 0.0674. The molecule has 180 valence electrons. The third kappa shape index (κ3) is 6.57. The molecule has 1 aromatic heterocycles. The summed E-state index contributed by atoms with van der Waals surface area (Å²) in [6.45, 7) is 1.91. The second-order valence-corrected chi connectivity index (χ2v) is 7.88. The summed E-state index contributed by atoms with van der Waals surface area (Å²) in [6, 6.07) is 14.5. The van der Waals surface area contributed by atoms with Gasteiger partial charge in [-0.05, 0) is 36.8 Å². The lowest BCUT2D eigenvalue weighted by Gasteiger charge is -2.21. The minimum atomic E-state index is -0.254. The van der Waals surface area contributed by atoms with Gasteiger partial charge < -0.3 is 24.2 Å². The Balaban J connectivity index is 1.58. The molecule has 2 amide bonds. The minimum Gasteiger partial charge on any atom is -0.497 e. The number of rotatable bonds is 11. The second kappa shape index (κ2) is 11.8. The molecule has 3 rings (SSSR count). The van der Waals surface area contributed by atoms with Crippen LogP contribution in [0.1, 0.15) is 37.3 Å². The number of hydrogen-bond acceptors (Lipinski definition) is 7. The van der Waals surface area contributed by atoms with Crippen LogP contribution in [0.2, 0.25) is 0 Å². The Hall–Kier alpha value is -3.88. The third-order valence-corrected chi connectivity index (χ3v) is 5.27. The van der Waals surface area contributed by atoms with E-state index in [2.05, 4.69) is 15.5 Å². The molecule has 0 radical (unpaired) electrons. The number of nitrogens with zero attached hydrogens (tertiary/aromatic N) is 3. The number of aryl methyl sites for hydroxylation is 1. The molecule has 0 aliphatic rings. The highest BCUT2D eigenvalue weighted by Crippen LogP contribution is 2.27. The molecule has 0 spiro atoms. The number of para-hydroxylation sites is 1. The molecular formula is C25H30N4O5. The quantitative estimate of drug-likeness (QED) is 0.461. The molecule has 9 heteroatoms. The van der Waals surface area contributed by atoms with Crippen LogP contribution in [0.4, 0.5) is 0 Å². The number of aromatic nitrogens is 2. The lowest BCUT2D eigenvalue weighted by atomic mass is 10.0. The first kappa shape index (κ1) is 24.8. The van der Waals surface area contributed by atoms with Crippen molar-refractivity contribution >= 4 is 11.8 Å². The van der Waals surface area contributed by atoms with Crippen molar-refractivity contribution in [3.63, 3.8) is 0 Å². The number of methoxy groups -OCH3 is 1. The van der Waals surface area contributed by atoms with Crippen molar-refractivity contribution in [3.05, 3.63) is 60.0 Å². The van der Waals surface area contributed by atoms with Crippen molar-refractivity contribution in [2.75, 3.05) is 27.8 Å². The maximum Gasteiger partial charge on any atom is 0.259 e. The Kier molecular flexibility index (Phi) is 8.61. The zero-order valence-electron chi connectivity index (χ0n) is 19.9. The topological polar surface area (TPSA) is 107 Å². The molecule has 34 heavy (non-hydrogen) atoms. The van der Waals surface area contributed by atoms with Gasteiger partial charge in [0, 0.05) is 38.1 Å². The van der Waals surface area contributed by atoms with Crippen LogP contribution in [0, 0.1) is 0 Å². The summed E-state index contributed by atoms with van der Waals surface area (Å²) in [4.78, 5) is 30.4. The maximum atomic E-state index is 12.7. The number of carbonyl (C=O) groups excluding carboxylic acids is 2. The monoisotopic (exact) mass is 466 g/mol. The summed E-state index contributed by atoms with van der Waals surface area (Å²) in [7, 11) is 4.96. The molecule has 0 bridgehead atoms. The number of amides is 2. The van der Waals surface area contributed by atoms with Gasteiger partial charge in [0.25, 0.3) is 5.91 Å². The lowest BCUT2D eigenvalue weighted by molar-refractivity contribution is -0.130. The molecule has 0 saturated heterocycles. The van der Waals surface area contributed by atoms with E-state index in [9.17, 15) is 9.59 Å². The van der Waals surface area contributed by atoms with Gasteiger partial charge in [-0.2, -0.15) is 4.98 Å². The van der Waals surface area contributed by atoms with E-state index in [0.29, 0.717) is 30.3 Å². The van der Waals surface area contributed by atoms with Gasteiger partial charge in [-0.3, -0.25) is 9.59 Å². The number of nitrogens with one attached hydrogen (secondary N) is 1. The molecule has 2 aromatic carbocycles. The van der Waals surface area contributed by atoms with Crippen LogP contribution in [-0.2, 0) is 16.0 Å². The molecule has 3 aromatic rings. The zero-order valence-corrected chi connectivity index (χ0v) is 19.9. The molecule has 9 nitrogen and oxygen atoms in total. The first-order valence-corrected chi connectivity index (χ1v) is 11.1. The SMILES string of the molecule is CCC(NC(=O)CCc1nc(-c2ccc(OC)cc2)no1)c1ccccc1OCC(=O)N(C)C. The van der Waals surface area contributed by atoms with Gasteiger partial charge in [0.1, 0.15) is 11.5 Å². The number of likely N-dealkylation sites (N-methyl/N-ethyl adjacent to an activating group) is 1. The van der Waals surface area contributed by atoms with Crippen molar-refractivity contribution in [3.8, 4) is 22.9 Å².